The summed E-state index contributed by atoms with van der Waals surface area (Å²) in [5.41, 5.74) is 1.57. The van der Waals surface area contributed by atoms with E-state index in [1.54, 1.807) is 38.4 Å². The molecule has 0 saturated heterocycles. The van der Waals surface area contributed by atoms with E-state index in [1.807, 2.05) is 44.2 Å². The predicted octanol–water partition coefficient (Wildman–Crippen LogP) is 4.27. The first kappa shape index (κ1) is 19.3. The molecular formula is C20H25N3O3. The molecule has 0 spiro atoms. The Morgan fingerprint density at radius 1 is 1.00 bits per heavy atom. The minimum absolute atomic E-state index is 0.152. The third-order valence-electron chi connectivity index (χ3n) is 3.80. The number of hydrogen-bond donors (Lipinski definition) is 2. The number of rotatable bonds is 5. The van der Waals surface area contributed by atoms with E-state index >= 15 is 0 Å². The Hall–Kier alpha value is -3.02. The van der Waals surface area contributed by atoms with Crippen molar-refractivity contribution in [3.05, 3.63) is 60.2 Å². The number of nitrogens with zero attached hydrogens (tertiary/aromatic N) is 1. The van der Waals surface area contributed by atoms with Crippen LogP contribution in [0.4, 0.5) is 15.3 Å². The van der Waals surface area contributed by atoms with Crippen LogP contribution < -0.4 is 15.4 Å². The van der Waals surface area contributed by atoms with Crippen molar-refractivity contribution in [3.8, 4) is 5.75 Å². The van der Waals surface area contributed by atoms with Crippen molar-refractivity contribution >= 4 is 17.8 Å². The average Bonchev–Trinajstić information content (AvgIpc) is 2.60. The fraction of sp³-hybridized carbons (Fsp3) is 0.300. The number of anilines is 1. The second-order valence-electron chi connectivity index (χ2n) is 6.52. The van der Waals surface area contributed by atoms with Gasteiger partial charge < -0.3 is 20.3 Å². The first-order valence-corrected chi connectivity index (χ1v) is 8.48. The molecule has 26 heavy (non-hydrogen) atoms. The van der Waals surface area contributed by atoms with Gasteiger partial charge in [-0.15, -0.1) is 0 Å². The molecular weight excluding hydrogens is 330 g/mol. The lowest BCUT2D eigenvalue weighted by Crippen LogP contribution is -2.34. The Bertz CT molecular complexity index is 745. The van der Waals surface area contributed by atoms with Crippen molar-refractivity contribution in [1.29, 1.82) is 0 Å². The normalized spacial score (nSPS) is 11.6. The molecule has 0 aliphatic carbocycles. The van der Waals surface area contributed by atoms with Crippen molar-refractivity contribution in [3.63, 3.8) is 0 Å². The SMILES string of the molecule is CC(C)C(NC(=O)Oc1cccc(NC(=O)N(C)C)c1)c1ccccc1. The molecule has 0 saturated carbocycles. The Morgan fingerprint density at radius 2 is 1.69 bits per heavy atom. The molecule has 0 bridgehead atoms. The van der Waals surface area contributed by atoms with E-state index in [2.05, 4.69) is 10.6 Å². The van der Waals surface area contributed by atoms with E-state index in [-0.39, 0.29) is 18.0 Å². The number of carbonyl (C=O) groups excluding carboxylic acids is 2. The summed E-state index contributed by atoms with van der Waals surface area (Å²) in [6.07, 6.45) is -0.538. The molecule has 0 heterocycles. The van der Waals surface area contributed by atoms with E-state index in [0.29, 0.717) is 11.4 Å². The van der Waals surface area contributed by atoms with Crippen molar-refractivity contribution in [2.75, 3.05) is 19.4 Å². The highest BCUT2D eigenvalue weighted by atomic mass is 16.6. The molecule has 2 aromatic carbocycles. The maximum absolute atomic E-state index is 12.3. The molecule has 3 amide bonds. The summed E-state index contributed by atoms with van der Waals surface area (Å²) < 4.78 is 5.38. The standard InChI is InChI=1S/C20H25N3O3/c1-14(2)18(15-9-6-5-7-10-15)22-20(25)26-17-12-8-11-16(13-17)21-19(24)23(3)4/h5-14,18H,1-4H3,(H,21,24)(H,22,25). The summed E-state index contributed by atoms with van der Waals surface area (Å²) in [4.78, 5) is 25.5. The van der Waals surface area contributed by atoms with Crippen LogP contribution in [0.2, 0.25) is 0 Å². The van der Waals surface area contributed by atoms with Gasteiger partial charge >= 0.3 is 12.1 Å². The van der Waals surface area contributed by atoms with Gasteiger partial charge in [0.15, 0.2) is 0 Å². The predicted molar refractivity (Wildman–Crippen MR) is 102 cm³/mol. The number of hydrogen-bond acceptors (Lipinski definition) is 3. The molecule has 0 aromatic heterocycles. The molecule has 138 valence electrons. The van der Waals surface area contributed by atoms with Gasteiger partial charge in [0.2, 0.25) is 0 Å². The largest absolute Gasteiger partial charge is 0.413 e. The summed E-state index contributed by atoms with van der Waals surface area (Å²) in [5, 5.41) is 5.62. The maximum atomic E-state index is 12.3. The zero-order chi connectivity index (χ0) is 19.1. The summed E-state index contributed by atoms with van der Waals surface area (Å²) in [6.45, 7) is 4.07. The Morgan fingerprint density at radius 3 is 2.31 bits per heavy atom. The molecule has 2 rings (SSSR count). The molecule has 0 fully saturated rings. The van der Waals surface area contributed by atoms with Crippen LogP contribution in [-0.2, 0) is 0 Å². The Balaban J connectivity index is 2.03. The van der Waals surface area contributed by atoms with Crippen LogP contribution in [0.25, 0.3) is 0 Å². The van der Waals surface area contributed by atoms with Crippen molar-refractivity contribution in [1.82, 2.24) is 10.2 Å². The average molecular weight is 355 g/mol. The van der Waals surface area contributed by atoms with Crippen LogP contribution >= 0.6 is 0 Å². The summed E-state index contributed by atoms with van der Waals surface area (Å²) in [5.74, 6) is 0.560. The van der Waals surface area contributed by atoms with Gasteiger partial charge in [-0.25, -0.2) is 9.59 Å². The van der Waals surface area contributed by atoms with E-state index in [9.17, 15) is 9.59 Å². The number of nitrogens with one attached hydrogen (secondary N) is 2. The van der Waals surface area contributed by atoms with Gasteiger partial charge in [0.25, 0.3) is 0 Å². The lowest BCUT2D eigenvalue weighted by atomic mass is 9.96. The summed E-state index contributed by atoms with van der Waals surface area (Å²) in [7, 11) is 3.30. The van der Waals surface area contributed by atoms with Crippen LogP contribution in [0.1, 0.15) is 25.5 Å². The number of urea groups is 1. The van der Waals surface area contributed by atoms with Crippen molar-refractivity contribution < 1.29 is 14.3 Å². The highest BCUT2D eigenvalue weighted by Crippen LogP contribution is 2.22. The van der Waals surface area contributed by atoms with Crippen molar-refractivity contribution in [2.24, 2.45) is 5.92 Å². The zero-order valence-electron chi connectivity index (χ0n) is 15.5. The van der Waals surface area contributed by atoms with Crippen LogP contribution in [-0.4, -0.2) is 31.1 Å². The quantitative estimate of drug-likeness (QED) is 0.841. The van der Waals surface area contributed by atoms with Gasteiger partial charge in [-0.2, -0.15) is 0 Å². The summed E-state index contributed by atoms with van der Waals surface area (Å²) in [6, 6.07) is 16.1. The highest BCUT2D eigenvalue weighted by molar-refractivity contribution is 5.89. The first-order chi connectivity index (χ1) is 12.4. The number of ether oxygens (including phenoxy) is 1. The van der Waals surface area contributed by atoms with Crippen LogP contribution in [0, 0.1) is 5.92 Å². The van der Waals surface area contributed by atoms with Gasteiger partial charge in [0.05, 0.1) is 6.04 Å². The molecule has 1 unspecified atom stereocenters. The molecule has 2 N–H and O–H groups in total. The first-order valence-electron chi connectivity index (χ1n) is 8.48. The Labute approximate surface area is 154 Å². The number of benzene rings is 2. The molecule has 0 aliphatic rings. The lowest BCUT2D eigenvalue weighted by molar-refractivity contribution is 0.192. The second kappa shape index (κ2) is 8.89. The molecule has 6 heteroatoms. The number of amides is 3. The topological polar surface area (TPSA) is 70.7 Å². The molecule has 0 radical (unpaired) electrons. The van der Waals surface area contributed by atoms with Gasteiger partial charge in [0, 0.05) is 25.8 Å². The third kappa shape index (κ3) is 5.51. The molecule has 2 aromatic rings. The van der Waals surface area contributed by atoms with E-state index in [4.69, 9.17) is 4.74 Å². The molecule has 1 atom stereocenters. The van der Waals surface area contributed by atoms with Crippen molar-refractivity contribution in [2.45, 2.75) is 19.9 Å². The molecule has 0 aliphatic heterocycles. The molecule has 6 nitrogen and oxygen atoms in total. The number of carbonyl (C=O) groups is 2. The fourth-order valence-corrected chi connectivity index (χ4v) is 2.43. The van der Waals surface area contributed by atoms with Gasteiger partial charge in [-0.1, -0.05) is 50.2 Å². The smallest absolute Gasteiger partial charge is 0.410 e. The minimum atomic E-state index is -0.538. The monoisotopic (exact) mass is 355 g/mol. The lowest BCUT2D eigenvalue weighted by Gasteiger charge is -2.22. The van der Waals surface area contributed by atoms with E-state index < -0.39 is 6.09 Å². The Kier molecular flexibility index (Phi) is 6.60. The second-order valence-corrected chi connectivity index (χ2v) is 6.52. The maximum Gasteiger partial charge on any atom is 0.413 e. The van der Waals surface area contributed by atoms with E-state index in [0.717, 1.165) is 5.56 Å². The van der Waals surface area contributed by atoms with Crippen LogP contribution in [0.5, 0.6) is 5.75 Å². The van der Waals surface area contributed by atoms with Crippen LogP contribution in [0.15, 0.2) is 54.6 Å². The third-order valence-corrected chi connectivity index (χ3v) is 3.80. The fourth-order valence-electron chi connectivity index (χ4n) is 2.43. The zero-order valence-corrected chi connectivity index (χ0v) is 15.5. The highest BCUT2D eigenvalue weighted by Gasteiger charge is 2.19. The summed E-state index contributed by atoms with van der Waals surface area (Å²) >= 11 is 0. The van der Waals surface area contributed by atoms with Crippen LogP contribution in [0.3, 0.4) is 0 Å². The van der Waals surface area contributed by atoms with Gasteiger partial charge in [-0.05, 0) is 23.6 Å². The van der Waals surface area contributed by atoms with Gasteiger partial charge in [-0.3, -0.25) is 0 Å². The minimum Gasteiger partial charge on any atom is -0.410 e. The van der Waals surface area contributed by atoms with Gasteiger partial charge in [0.1, 0.15) is 5.75 Å². The van der Waals surface area contributed by atoms with E-state index in [1.165, 1.54) is 4.90 Å².